The fourth-order valence-corrected chi connectivity index (χ4v) is 1.93. The lowest BCUT2D eigenvalue weighted by Gasteiger charge is -2.11. The van der Waals surface area contributed by atoms with Gasteiger partial charge in [-0.05, 0) is 31.0 Å². The molecule has 0 saturated carbocycles. The summed E-state index contributed by atoms with van der Waals surface area (Å²) in [6.45, 7) is 0.329. The van der Waals surface area contributed by atoms with Crippen LogP contribution in [-0.2, 0) is 4.74 Å². The third-order valence-corrected chi connectivity index (χ3v) is 2.86. The maximum atomic E-state index is 13.4. The number of halogens is 2. The molecular weight excluding hydrogens is 228 g/mol. The van der Waals surface area contributed by atoms with Crippen molar-refractivity contribution in [2.24, 2.45) is 5.73 Å². The summed E-state index contributed by atoms with van der Waals surface area (Å²) in [7, 11) is 0. The zero-order chi connectivity index (χ0) is 12.4. The van der Waals surface area contributed by atoms with E-state index in [1.165, 1.54) is 0 Å². The molecule has 92 valence electrons. The van der Waals surface area contributed by atoms with Crippen LogP contribution in [0.4, 0.5) is 8.78 Å². The van der Waals surface area contributed by atoms with Gasteiger partial charge in [-0.25, -0.2) is 8.78 Å². The van der Waals surface area contributed by atoms with Crippen molar-refractivity contribution < 1.29 is 18.3 Å². The third kappa shape index (κ3) is 2.50. The Morgan fingerprint density at radius 3 is 2.82 bits per heavy atom. The van der Waals surface area contributed by atoms with E-state index in [4.69, 9.17) is 10.5 Å². The van der Waals surface area contributed by atoms with Gasteiger partial charge in [-0.1, -0.05) is 0 Å². The molecule has 1 aromatic rings. The predicted molar refractivity (Wildman–Crippen MR) is 57.6 cm³/mol. The minimum Gasteiger partial charge on any atom is -0.366 e. The number of carbonyl (C=O) groups is 1. The highest BCUT2D eigenvalue weighted by molar-refractivity contribution is 5.99. The van der Waals surface area contributed by atoms with Gasteiger partial charge >= 0.3 is 0 Å². The Morgan fingerprint density at radius 1 is 1.41 bits per heavy atom. The second-order valence-electron chi connectivity index (χ2n) is 4.05. The standard InChI is InChI=1S/C12H13F2NO2/c13-7-1-3-10(14)9(5-7)12(16)11-4-2-8(6-15)17-11/h1,3,5,8,11H,2,4,6,15H2. The Morgan fingerprint density at radius 2 is 2.18 bits per heavy atom. The highest BCUT2D eigenvalue weighted by Crippen LogP contribution is 2.23. The van der Waals surface area contributed by atoms with Crippen LogP contribution in [0.5, 0.6) is 0 Å². The van der Waals surface area contributed by atoms with Gasteiger partial charge in [-0.15, -0.1) is 0 Å². The fourth-order valence-electron chi connectivity index (χ4n) is 1.93. The lowest BCUT2D eigenvalue weighted by molar-refractivity contribution is 0.0400. The number of nitrogens with two attached hydrogens (primary N) is 1. The average Bonchev–Trinajstić information content (AvgIpc) is 2.80. The molecule has 2 rings (SSSR count). The summed E-state index contributed by atoms with van der Waals surface area (Å²) in [5.41, 5.74) is 5.16. The number of ketones is 1. The van der Waals surface area contributed by atoms with Crippen molar-refractivity contribution in [1.82, 2.24) is 0 Å². The first-order valence-corrected chi connectivity index (χ1v) is 5.46. The summed E-state index contributed by atoms with van der Waals surface area (Å²) in [6.07, 6.45) is 0.293. The molecule has 17 heavy (non-hydrogen) atoms. The van der Waals surface area contributed by atoms with Gasteiger partial charge in [-0.3, -0.25) is 4.79 Å². The second kappa shape index (κ2) is 4.89. The van der Waals surface area contributed by atoms with Gasteiger partial charge in [0.05, 0.1) is 11.7 Å². The molecule has 0 bridgehead atoms. The van der Waals surface area contributed by atoms with E-state index in [-0.39, 0.29) is 11.7 Å². The van der Waals surface area contributed by atoms with Gasteiger partial charge in [0.25, 0.3) is 0 Å². The van der Waals surface area contributed by atoms with Gasteiger partial charge in [-0.2, -0.15) is 0 Å². The normalized spacial score (nSPS) is 23.9. The zero-order valence-corrected chi connectivity index (χ0v) is 9.16. The van der Waals surface area contributed by atoms with E-state index < -0.39 is 23.5 Å². The highest BCUT2D eigenvalue weighted by Gasteiger charge is 2.31. The van der Waals surface area contributed by atoms with Gasteiger partial charge in [0.2, 0.25) is 0 Å². The van der Waals surface area contributed by atoms with E-state index in [2.05, 4.69) is 0 Å². The van der Waals surface area contributed by atoms with Crippen LogP contribution >= 0.6 is 0 Å². The van der Waals surface area contributed by atoms with Crippen LogP contribution in [0.3, 0.4) is 0 Å². The third-order valence-electron chi connectivity index (χ3n) is 2.86. The van der Waals surface area contributed by atoms with E-state index in [1.54, 1.807) is 0 Å². The van der Waals surface area contributed by atoms with Gasteiger partial charge in [0.1, 0.15) is 17.7 Å². The second-order valence-corrected chi connectivity index (χ2v) is 4.05. The molecule has 2 unspecified atom stereocenters. The van der Waals surface area contributed by atoms with Crippen molar-refractivity contribution in [2.45, 2.75) is 25.0 Å². The van der Waals surface area contributed by atoms with Crippen LogP contribution in [0.1, 0.15) is 23.2 Å². The minimum atomic E-state index is -0.726. The van der Waals surface area contributed by atoms with Crippen LogP contribution in [0.15, 0.2) is 18.2 Å². The first kappa shape index (κ1) is 12.1. The average molecular weight is 241 g/mol. The highest BCUT2D eigenvalue weighted by atomic mass is 19.1. The Kier molecular flexibility index (Phi) is 3.49. The predicted octanol–water partition coefficient (Wildman–Crippen LogP) is 1.65. The molecule has 1 aliphatic heterocycles. The van der Waals surface area contributed by atoms with Gasteiger partial charge in [0.15, 0.2) is 5.78 Å². The maximum Gasteiger partial charge on any atom is 0.194 e. The van der Waals surface area contributed by atoms with E-state index in [9.17, 15) is 13.6 Å². The fraction of sp³-hybridized carbons (Fsp3) is 0.417. The molecule has 3 nitrogen and oxygen atoms in total. The van der Waals surface area contributed by atoms with E-state index >= 15 is 0 Å². The van der Waals surface area contributed by atoms with Crippen molar-refractivity contribution in [2.75, 3.05) is 6.54 Å². The van der Waals surface area contributed by atoms with Crippen LogP contribution in [0, 0.1) is 11.6 Å². The smallest absolute Gasteiger partial charge is 0.194 e. The number of hydrogen-bond acceptors (Lipinski definition) is 3. The van der Waals surface area contributed by atoms with Crippen molar-refractivity contribution in [1.29, 1.82) is 0 Å². The summed E-state index contributed by atoms with van der Waals surface area (Å²) in [4.78, 5) is 11.9. The molecule has 0 amide bonds. The Labute approximate surface area is 97.6 Å². The lowest BCUT2D eigenvalue weighted by Crippen LogP contribution is -2.25. The molecule has 0 radical (unpaired) electrons. The molecule has 0 aromatic heterocycles. The van der Waals surface area contributed by atoms with Crippen LogP contribution in [0.2, 0.25) is 0 Å². The molecule has 1 heterocycles. The van der Waals surface area contributed by atoms with Crippen molar-refractivity contribution in [3.8, 4) is 0 Å². The van der Waals surface area contributed by atoms with Gasteiger partial charge in [0, 0.05) is 6.54 Å². The quantitative estimate of drug-likeness (QED) is 0.819. The molecule has 1 saturated heterocycles. The molecule has 1 aliphatic rings. The molecule has 0 spiro atoms. The Bertz CT molecular complexity index is 437. The summed E-state index contributed by atoms with van der Waals surface area (Å²) in [6, 6.07) is 2.82. The molecule has 1 aromatic carbocycles. The van der Waals surface area contributed by atoms with E-state index in [0.717, 1.165) is 18.2 Å². The number of benzene rings is 1. The van der Waals surface area contributed by atoms with Crippen LogP contribution < -0.4 is 5.73 Å². The van der Waals surface area contributed by atoms with Crippen molar-refractivity contribution >= 4 is 5.78 Å². The molecule has 5 heteroatoms. The lowest BCUT2D eigenvalue weighted by atomic mass is 10.0. The number of Topliss-reactive ketones (excluding diaryl/α,β-unsaturated/α-hetero) is 1. The summed E-state index contributed by atoms with van der Waals surface area (Å²) in [5, 5.41) is 0. The largest absolute Gasteiger partial charge is 0.366 e. The summed E-state index contributed by atoms with van der Waals surface area (Å²) >= 11 is 0. The minimum absolute atomic E-state index is 0.166. The van der Waals surface area contributed by atoms with Crippen molar-refractivity contribution in [3.63, 3.8) is 0 Å². The van der Waals surface area contributed by atoms with Crippen molar-refractivity contribution in [3.05, 3.63) is 35.4 Å². The molecular formula is C12H13F2NO2. The topological polar surface area (TPSA) is 52.3 Å². The summed E-state index contributed by atoms with van der Waals surface area (Å²) < 4.78 is 31.7. The van der Waals surface area contributed by atoms with Gasteiger partial charge < -0.3 is 10.5 Å². The first-order chi connectivity index (χ1) is 8.11. The van der Waals surface area contributed by atoms with Crippen LogP contribution in [0.25, 0.3) is 0 Å². The number of carbonyl (C=O) groups excluding carboxylic acids is 1. The van der Waals surface area contributed by atoms with Crippen LogP contribution in [-0.4, -0.2) is 24.5 Å². The zero-order valence-electron chi connectivity index (χ0n) is 9.16. The molecule has 2 atom stereocenters. The van der Waals surface area contributed by atoms with E-state index in [1.807, 2.05) is 0 Å². The molecule has 0 aliphatic carbocycles. The summed E-state index contributed by atoms with van der Waals surface area (Å²) in [5.74, 6) is -1.88. The van der Waals surface area contributed by atoms with E-state index in [0.29, 0.717) is 19.4 Å². The Balaban J connectivity index is 2.17. The molecule has 2 N–H and O–H groups in total. The first-order valence-electron chi connectivity index (χ1n) is 5.46. The Hall–Kier alpha value is -1.33. The number of rotatable bonds is 3. The number of hydrogen-bond donors (Lipinski definition) is 1. The molecule has 1 fully saturated rings. The SMILES string of the molecule is NCC1CCC(C(=O)c2cc(F)ccc2F)O1. The maximum absolute atomic E-state index is 13.4. The number of ether oxygens (including phenoxy) is 1. The monoisotopic (exact) mass is 241 g/mol.